The van der Waals surface area contributed by atoms with Crippen molar-refractivity contribution in [3.8, 4) is 5.69 Å². The number of furan rings is 1. The fourth-order valence-electron chi connectivity index (χ4n) is 2.81. The number of imidazole rings is 1. The molecule has 0 radical (unpaired) electrons. The molecule has 6 heteroatoms. The first-order valence-electron chi connectivity index (χ1n) is 8.03. The summed E-state index contributed by atoms with van der Waals surface area (Å²) >= 11 is 0. The lowest BCUT2D eigenvalue weighted by Crippen LogP contribution is -2.38. The molecule has 0 saturated carbocycles. The highest BCUT2D eigenvalue weighted by Crippen LogP contribution is 2.26. The maximum Gasteiger partial charge on any atom is 0.251 e. The van der Waals surface area contributed by atoms with Crippen molar-refractivity contribution in [2.24, 2.45) is 0 Å². The minimum absolute atomic E-state index is 0.0922. The Morgan fingerprint density at radius 3 is 2.60 bits per heavy atom. The quantitative estimate of drug-likeness (QED) is 0.749. The molecule has 0 aliphatic carbocycles. The summed E-state index contributed by atoms with van der Waals surface area (Å²) in [5.74, 6) is 1.14. The Morgan fingerprint density at radius 1 is 1.32 bits per heavy atom. The lowest BCUT2D eigenvalue weighted by Gasteiger charge is -2.23. The van der Waals surface area contributed by atoms with E-state index in [4.69, 9.17) is 4.42 Å². The number of amides is 1. The lowest BCUT2D eigenvalue weighted by molar-refractivity contribution is 0.0514. The van der Waals surface area contributed by atoms with Crippen LogP contribution < -0.4 is 5.32 Å². The Bertz CT molecular complexity index is 862. The number of carbonyl (C=O) groups is 1. The summed E-state index contributed by atoms with van der Waals surface area (Å²) in [6.07, 6.45) is 5.23. The first kappa shape index (κ1) is 17.0. The number of nitrogens with one attached hydrogen (secondary N) is 1. The summed E-state index contributed by atoms with van der Waals surface area (Å²) in [6.45, 7) is 5.38. The van der Waals surface area contributed by atoms with Crippen LogP contribution in [0.3, 0.4) is 0 Å². The molecule has 3 aromatic rings. The smallest absolute Gasteiger partial charge is 0.251 e. The predicted molar refractivity (Wildman–Crippen MR) is 93.7 cm³/mol. The number of carbonyl (C=O) groups excluding carboxylic acids is 1. The predicted octanol–water partition coefficient (Wildman–Crippen LogP) is 2.72. The Balaban J connectivity index is 1.67. The Kier molecular flexibility index (Phi) is 4.46. The highest BCUT2D eigenvalue weighted by atomic mass is 16.3. The van der Waals surface area contributed by atoms with E-state index in [2.05, 4.69) is 10.3 Å². The maximum absolute atomic E-state index is 12.3. The molecule has 0 spiro atoms. The number of aromatic nitrogens is 2. The van der Waals surface area contributed by atoms with Gasteiger partial charge in [0.05, 0.1) is 12.9 Å². The van der Waals surface area contributed by atoms with Crippen LogP contribution in [0.5, 0.6) is 0 Å². The van der Waals surface area contributed by atoms with Crippen LogP contribution in [0.1, 0.15) is 34.4 Å². The number of nitrogens with zero attached hydrogens (tertiary/aromatic N) is 2. The van der Waals surface area contributed by atoms with Crippen LogP contribution in [0.15, 0.2) is 53.5 Å². The Hall–Kier alpha value is -2.86. The van der Waals surface area contributed by atoms with E-state index in [1.807, 2.05) is 29.8 Å². The molecule has 0 fully saturated rings. The molecule has 1 unspecified atom stereocenters. The van der Waals surface area contributed by atoms with Crippen molar-refractivity contribution in [3.05, 3.63) is 71.7 Å². The average molecular weight is 339 g/mol. The van der Waals surface area contributed by atoms with Gasteiger partial charge in [0.1, 0.15) is 17.1 Å². The summed E-state index contributed by atoms with van der Waals surface area (Å²) < 4.78 is 7.32. The zero-order chi connectivity index (χ0) is 18.0. The van der Waals surface area contributed by atoms with Crippen molar-refractivity contribution < 1.29 is 14.3 Å². The molecular formula is C19H21N3O3. The SMILES string of the molecule is Cc1cc(C(C)(O)CNC(=O)c2ccc(-n3ccnc3)cc2)c(C)o1. The van der Waals surface area contributed by atoms with E-state index in [1.54, 1.807) is 44.6 Å². The molecule has 130 valence electrons. The second kappa shape index (κ2) is 6.57. The normalized spacial score (nSPS) is 13.4. The van der Waals surface area contributed by atoms with Gasteiger partial charge in [0.15, 0.2) is 0 Å². The molecule has 2 aromatic heterocycles. The van der Waals surface area contributed by atoms with Crippen molar-refractivity contribution in [2.45, 2.75) is 26.4 Å². The third-order valence-electron chi connectivity index (χ3n) is 4.15. The van der Waals surface area contributed by atoms with Gasteiger partial charge in [-0.25, -0.2) is 4.98 Å². The van der Waals surface area contributed by atoms with Crippen molar-refractivity contribution in [3.63, 3.8) is 0 Å². The zero-order valence-corrected chi connectivity index (χ0v) is 14.5. The molecular weight excluding hydrogens is 318 g/mol. The van der Waals surface area contributed by atoms with Crippen LogP contribution >= 0.6 is 0 Å². The van der Waals surface area contributed by atoms with Crippen molar-refractivity contribution >= 4 is 5.91 Å². The van der Waals surface area contributed by atoms with Gasteiger partial charge in [0, 0.05) is 29.2 Å². The molecule has 1 amide bonds. The van der Waals surface area contributed by atoms with Gasteiger partial charge in [-0.3, -0.25) is 4.79 Å². The first-order valence-corrected chi connectivity index (χ1v) is 8.03. The molecule has 25 heavy (non-hydrogen) atoms. The maximum atomic E-state index is 12.3. The van der Waals surface area contributed by atoms with Gasteiger partial charge >= 0.3 is 0 Å². The third-order valence-corrected chi connectivity index (χ3v) is 4.15. The Labute approximate surface area is 146 Å². The monoisotopic (exact) mass is 339 g/mol. The fraction of sp³-hybridized carbons (Fsp3) is 0.263. The number of aliphatic hydroxyl groups is 1. The molecule has 1 atom stereocenters. The standard InChI is InChI=1S/C19H21N3O3/c1-13-10-17(14(2)25-13)19(3,24)11-21-18(23)15-4-6-16(7-5-15)22-9-8-20-12-22/h4-10,12,24H,11H2,1-3H3,(H,21,23). The molecule has 6 nitrogen and oxygen atoms in total. The number of hydrogen-bond acceptors (Lipinski definition) is 4. The van der Waals surface area contributed by atoms with E-state index in [0.717, 1.165) is 11.4 Å². The van der Waals surface area contributed by atoms with Crippen molar-refractivity contribution in [2.75, 3.05) is 6.54 Å². The van der Waals surface area contributed by atoms with Gasteiger partial charge in [-0.05, 0) is 51.1 Å². The van der Waals surface area contributed by atoms with Crippen LogP contribution in [-0.2, 0) is 5.60 Å². The number of benzene rings is 1. The van der Waals surface area contributed by atoms with E-state index >= 15 is 0 Å². The third kappa shape index (κ3) is 3.64. The van der Waals surface area contributed by atoms with Crippen LogP contribution in [0.2, 0.25) is 0 Å². The van der Waals surface area contributed by atoms with Gasteiger partial charge in [0.2, 0.25) is 0 Å². The van der Waals surface area contributed by atoms with Gasteiger partial charge in [-0.15, -0.1) is 0 Å². The molecule has 0 aliphatic rings. The van der Waals surface area contributed by atoms with Crippen LogP contribution in [0, 0.1) is 13.8 Å². The minimum atomic E-state index is -1.20. The molecule has 0 saturated heterocycles. The summed E-state index contributed by atoms with van der Waals surface area (Å²) in [5, 5.41) is 13.4. The zero-order valence-electron chi connectivity index (χ0n) is 14.5. The summed E-state index contributed by atoms with van der Waals surface area (Å²) in [6, 6.07) is 8.97. The van der Waals surface area contributed by atoms with Gasteiger partial charge in [-0.2, -0.15) is 0 Å². The van der Waals surface area contributed by atoms with Crippen molar-refractivity contribution in [1.82, 2.24) is 14.9 Å². The second-order valence-electron chi connectivity index (χ2n) is 6.30. The lowest BCUT2D eigenvalue weighted by atomic mass is 9.96. The minimum Gasteiger partial charge on any atom is -0.466 e. The molecule has 2 heterocycles. The van der Waals surface area contributed by atoms with E-state index in [9.17, 15) is 9.90 Å². The summed E-state index contributed by atoms with van der Waals surface area (Å²) in [4.78, 5) is 16.3. The topological polar surface area (TPSA) is 80.3 Å². The van der Waals surface area contributed by atoms with Gasteiger partial charge in [0.25, 0.3) is 5.91 Å². The average Bonchev–Trinajstić information content (AvgIpc) is 3.23. The summed E-state index contributed by atoms with van der Waals surface area (Å²) in [5.41, 5.74) is 0.930. The number of aryl methyl sites for hydroxylation is 2. The van der Waals surface area contributed by atoms with Crippen molar-refractivity contribution in [1.29, 1.82) is 0 Å². The second-order valence-corrected chi connectivity index (χ2v) is 6.30. The van der Waals surface area contributed by atoms with E-state index < -0.39 is 5.60 Å². The van der Waals surface area contributed by atoms with E-state index in [-0.39, 0.29) is 12.5 Å². The van der Waals surface area contributed by atoms with Gasteiger partial charge < -0.3 is 19.4 Å². The largest absolute Gasteiger partial charge is 0.466 e. The summed E-state index contributed by atoms with van der Waals surface area (Å²) in [7, 11) is 0. The van der Waals surface area contributed by atoms with Crippen LogP contribution in [0.4, 0.5) is 0 Å². The fourth-order valence-corrected chi connectivity index (χ4v) is 2.81. The molecule has 0 bridgehead atoms. The van der Waals surface area contributed by atoms with Gasteiger partial charge in [-0.1, -0.05) is 0 Å². The van der Waals surface area contributed by atoms with E-state index in [0.29, 0.717) is 16.9 Å². The van der Waals surface area contributed by atoms with Crippen LogP contribution in [-0.4, -0.2) is 27.1 Å². The molecule has 3 rings (SSSR count). The Morgan fingerprint density at radius 2 is 2.04 bits per heavy atom. The number of hydrogen-bond donors (Lipinski definition) is 2. The van der Waals surface area contributed by atoms with E-state index in [1.165, 1.54) is 0 Å². The highest BCUT2D eigenvalue weighted by Gasteiger charge is 2.28. The highest BCUT2D eigenvalue weighted by molar-refractivity contribution is 5.94. The van der Waals surface area contributed by atoms with Crippen LogP contribution in [0.25, 0.3) is 5.69 Å². The molecule has 2 N–H and O–H groups in total. The molecule has 0 aliphatic heterocycles. The first-order chi connectivity index (χ1) is 11.9. The molecule has 1 aromatic carbocycles. The number of rotatable bonds is 5.